The lowest BCUT2D eigenvalue weighted by atomic mass is 9.37. The number of hydrogen-bond acceptors (Lipinski definition) is 3. The molecule has 0 spiro atoms. The Morgan fingerprint density at radius 2 is 1.38 bits per heavy atom. The van der Waals surface area contributed by atoms with E-state index in [0.29, 0.717) is 23.7 Å². The number of fused-ring (bicyclic) bond motifs is 2. The molecule has 24 heavy (non-hydrogen) atoms. The average Bonchev–Trinajstić information content (AvgIpc) is 2.36. The van der Waals surface area contributed by atoms with Gasteiger partial charge in [-0.25, -0.2) is 8.42 Å². The third-order valence-electron chi connectivity index (χ3n) is 8.73. The summed E-state index contributed by atoms with van der Waals surface area (Å²) in [6.07, 6.45) is 11.0. The van der Waals surface area contributed by atoms with E-state index in [0.717, 1.165) is 44.4 Å². The van der Waals surface area contributed by atoms with Crippen LogP contribution >= 0.6 is 0 Å². The van der Waals surface area contributed by atoms with Gasteiger partial charge in [-0.3, -0.25) is 0 Å². The minimum Gasteiger partial charge on any atom is -0.389 e. The summed E-state index contributed by atoms with van der Waals surface area (Å²) in [6, 6.07) is 0. The highest BCUT2D eigenvalue weighted by atomic mass is 32.2. The minimum absolute atomic E-state index is 0.0142. The number of rotatable bonds is 1. The van der Waals surface area contributed by atoms with Gasteiger partial charge in [-0.2, -0.15) is 0 Å². The molecular weight excluding hydrogens is 320 g/mol. The fraction of sp³-hybridized carbons (Fsp3) is 1.00. The first-order valence-electron chi connectivity index (χ1n) is 10.0. The predicted molar refractivity (Wildman–Crippen MR) is 94.4 cm³/mol. The summed E-state index contributed by atoms with van der Waals surface area (Å²) in [6.45, 7) is 4.88. The normalized spacial score (nSPS) is 61.0. The zero-order valence-corrected chi connectivity index (χ0v) is 16.0. The van der Waals surface area contributed by atoms with Crippen LogP contribution in [0.15, 0.2) is 0 Å². The lowest BCUT2D eigenvalue weighted by Crippen LogP contribution is -2.67. The fourth-order valence-electron chi connectivity index (χ4n) is 8.85. The summed E-state index contributed by atoms with van der Waals surface area (Å²) >= 11 is 0. The van der Waals surface area contributed by atoms with Crippen LogP contribution in [0.1, 0.15) is 84.5 Å². The zero-order valence-electron chi connectivity index (χ0n) is 15.2. The first-order valence-corrected chi connectivity index (χ1v) is 11.6. The number of sulfone groups is 1. The standard InChI is InChI=1S/C20H32O3S/c1-17-6-14-7-18(2,11-17)13-19(8-14,12-17)20(21)9-15-4-3-5-16(10-20)24(15,22)23/h14-16,21H,3-13H2,1-2H3. The Morgan fingerprint density at radius 1 is 0.833 bits per heavy atom. The van der Waals surface area contributed by atoms with Crippen molar-refractivity contribution >= 4 is 9.84 Å². The molecular formula is C20H32O3S. The molecule has 4 unspecified atom stereocenters. The molecule has 1 N–H and O–H groups in total. The molecule has 6 aliphatic rings. The van der Waals surface area contributed by atoms with Crippen LogP contribution in [0.5, 0.6) is 0 Å². The van der Waals surface area contributed by atoms with Gasteiger partial charge in [0.1, 0.15) is 0 Å². The van der Waals surface area contributed by atoms with Crippen LogP contribution in [0.2, 0.25) is 0 Å². The summed E-state index contributed by atoms with van der Waals surface area (Å²) in [5, 5.41) is 11.4. The molecule has 6 fully saturated rings. The van der Waals surface area contributed by atoms with E-state index in [-0.39, 0.29) is 15.9 Å². The van der Waals surface area contributed by atoms with Gasteiger partial charge in [0.05, 0.1) is 16.1 Å². The van der Waals surface area contributed by atoms with Gasteiger partial charge in [0.15, 0.2) is 9.84 Å². The van der Waals surface area contributed by atoms with Crippen LogP contribution in [0.4, 0.5) is 0 Å². The van der Waals surface area contributed by atoms with E-state index < -0.39 is 15.4 Å². The predicted octanol–water partition coefficient (Wildman–Crippen LogP) is 3.84. The Balaban J connectivity index is 1.56. The molecule has 3 nitrogen and oxygen atoms in total. The van der Waals surface area contributed by atoms with E-state index >= 15 is 0 Å². The van der Waals surface area contributed by atoms with Gasteiger partial charge in [-0.15, -0.1) is 0 Å². The Morgan fingerprint density at radius 3 is 1.88 bits per heavy atom. The molecule has 4 heteroatoms. The molecule has 0 aromatic heterocycles. The van der Waals surface area contributed by atoms with Crippen molar-refractivity contribution < 1.29 is 13.5 Å². The Bertz CT molecular complexity index is 643. The van der Waals surface area contributed by atoms with Crippen molar-refractivity contribution in [2.24, 2.45) is 22.2 Å². The van der Waals surface area contributed by atoms with Crippen LogP contribution in [0, 0.1) is 22.2 Å². The zero-order chi connectivity index (χ0) is 17.0. The van der Waals surface area contributed by atoms with Gasteiger partial charge in [0, 0.05) is 5.41 Å². The molecule has 136 valence electrons. The topological polar surface area (TPSA) is 54.4 Å². The van der Waals surface area contributed by atoms with E-state index in [1.165, 1.54) is 19.3 Å². The molecule has 2 heterocycles. The van der Waals surface area contributed by atoms with Crippen molar-refractivity contribution in [1.82, 2.24) is 0 Å². The highest BCUT2D eigenvalue weighted by molar-refractivity contribution is 7.92. The van der Waals surface area contributed by atoms with Crippen molar-refractivity contribution in [3.05, 3.63) is 0 Å². The van der Waals surface area contributed by atoms with Crippen LogP contribution < -0.4 is 0 Å². The molecule has 6 rings (SSSR count). The second-order valence-corrected chi connectivity index (χ2v) is 13.6. The fourth-order valence-corrected chi connectivity index (χ4v) is 11.4. The highest BCUT2D eigenvalue weighted by Gasteiger charge is 2.68. The summed E-state index contributed by atoms with van der Waals surface area (Å²) in [7, 11) is -3.00. The van der Waals surface area contributed by atoms with Crippen LogP contribution in [-0.2, 0) is 9.84 Å². The van der Waals surface area contributed by atoms with Gasteiger partial charge in [0.2, 0.25) is 0 Å². The maximum absolute atomic E-state index is 12.7. The monoisotopic (exact) mass is 352 g/mol. The summed E-state index contributed by atoms with van der Waals surface area (Å²) in [4.78, 5) is 0. The van der Waals surface area contributed by atoms with Crippen LogP contribution in [0.3, 0.4) is 0 Å². The van der Waals surface area contributed by atoms with E-state index in [1.807, 2.05) is 0 Å². The Labute approximate surface area is 146 Å². The molecule has 0 aromatic carbocycles. The van der Waals surface area contributed by atoms with Crippen molar-refractivity contribution in [1.29, 1.82) is 0 Å². The third kappa shape index (κ3) is 1.96. The first-order chi connectivity index (χ1) is 11.1. The third-order valence-corrected chi connectivity index (χ3v) is 11.4. The van der Waals surface area contributed by atoms with Crippen LogP contribution in [-0.4, -0.2) is 29.6 Å². The highest BCUT2D eigenvalue weighted by Crippen LogP contribution is 2.73. The molecule has 0 amide bonds. The van der Waals surface area contributed by atoms with Crippen molar-refractivity contribution in [3.63, 3.8) is 0 Å². The van der Waals surface area contributed by atoms with E-state index in [2.05, 4.69) is 13.8 Å². The Kier molecular flexibility index (Phi) is 2.96. The maximum atomic E-state index is 12.7. The van der Waals surface area contributed by atoms with Gasteiger partial charge >= 0.3 is 0 Å². The summed E-state index contributed by atoms with van der Waals surface area (Å²) < 4.78 is 25.4. The van der Waals surface area contributed by atoms with Crippen molar-refractivity contribution in [2.75, 3.05) is 0 Å². The molecule has 6 bridgehead atoms. The molecule has 0 aromatic rings. The molecule has 0 radical (unpaired) electrons. The largest absolute Gasteiger partial charge is 0.389 e. The van der Waals surface area contributed by atoms with Gasteiger partial charge in [-0.05, 0) is 81.0 Å². The molecule has 4 atom stereocenters. The lowest BCUT2D eigenvalue weighted by molar-refractivity contribution is -0.232. The number of aliphatic hydroxyl groups is 1. The van der Waals surface area contributed by atoms with Crippen molar-refractivity contribution in [3.8, 4) is 0 Å². The SMILES string of the molecule is CC12CC3CC(C)(C1)CC(C1(O)CC4CCCC(C1)S4(=O)=O)(C3)C2. The maximum Gasteiger partial charge on any atom is 0.156 e. The molecule has 4 saturated carbocycles. The minimum atomic E-state index is -3.00. The summed E-state index contributed by atoms with van der Waals surface area (Å²) in [5.74, 6) is 0.749. The smallest absolute Gasteiger partial charge is 0.156 e. The lowest BCUT2D eigenvalue weighted by Gasteiger charge is -2.70. The van der Waals surface area contributed by atoms with Crippen LogP contribution in [0.25, 0.3) is 0 Å². The molecule has 2 aliphatic heterocycles. The molecule has 2 saturated heterocycles. The van der Waals surface area contributed by atoms with Crippen molar-refractivity contribution in [2.45, 2.75) is 101 Å². The van der Waals surface area contributed by atoms with E-state index in [1.54, 1.807) is 0 Å². The second-order valence-electron chi connectivity index (χ2n) is 11.1. The van der Waals surface area contributed by atoms with Gasteiger partial charge < -0.3 is 5.11 Å². The quantitative estimate of drug-likeness (QED) is 0.780. The summed E-state index contributed by atoms with van der Waals surface area (Å²) in [5.41, 5.74) is -0.0134. The Hall–Kier alpha value is -0.0900. The van der Waals surface area contributed by atoms with Gasteiger partial charge in [-0.1, -0.05) is 20.3 Å². The van der Waals surface area contributed by atoms with E-state index in [9.17, 15) is 13.5 Å². The van der Waals surface area contributed by atoms with Gasteiger partial charge in [0.25, 0.3) is 0 Å². The van der Waals surface area contributed by atoms with E-state index in [4.69, 9.17) is 0 Å². The first kappa shape index (κ1) is 16.1. The average molecular weight is 353 g/mol. The number of hydrogen-bond donors (Lipinski definition) is 1. The molecule has 4 aliphatic carbocycles. The second kappa shape index (κ2) is 4.42.